The van der Waals surface area contributed by atoms with E-state index in [1.807, 2.05) is 25.1 Å². The van der Waals surface area contributed by atoms with Crippen LogP contribution in [0.5, 0.6) is 5.75 Å². The van der Waals surface area contributed by atoms with Gasteiger partial charge in [0.25, 0.3) is 5.91 Å². The molecule has 0 heterocycles. The highest BCUT2D eigenvalue weighted by molar-refractivity contribution is 5.77. The van der Waals surface area contributed by atoms with Gasteiger partial charge in [0.1, 0.15) is 5.75 Å². The minimum atomic E-state index is -0.0678. The number of amides is 1. The molecule has 0 spiro atoms. The summed E-state index contributed by atoms with van der Waals surface area (Å²) in [4.78, 5) is 11.4. The van der Waals surface area contributed by atoms with E-state index < -0.39 is 0 Å². The van der Waals surface area contributed by atoms with Crippen molar-refractivity contribution in [3.63, 3.8) is 0 Å². The molecule has 0 aliphatic heterocycles. The van der Waals surface area contributed by atoms with Crippen LogP contribution in [-0.4, -0.2) is 19.1 Å². The Hall–Kier alpha value is -1.51. The molecule has 0 aliphatic carbocycles. The molecule has 0 aromatic heterocycles. The minimum absolute atomic E-state index is 0.0678. The second-order valence-corrected chi connectivity index (χ2v) is 4.37. The summed E-state index contributed by atoms with van der Waals surface area (Å²) in [6.07, 6.45) is 0.939. The number of hydrogen-bond acceptors (Lipinski definition) is 2. The van der Waals surface area contributed by atoms with Gasteiger partial charge in [0, 0.05) is 6.54 Å². The first kappa shape index (κ1) is 13.6. The Morgan fingerprint density at radius 3 is 2.82 bits per heavy atom. The highest BCUT2D eigenvalue weighted by atomic mass is 16.5. The standard InChI is InChI=1S/C14H21NO2/c1-4-8-15-14(16)10-17-13-7-5-6-12(9-13)11(2)3/h5-7,9,11H,4,8,10H2,1-3H3,(H,15,16). The number of nitrogens with one attached hydrogen (secondary N) is 1. The third-order valence-electron chi connectivity index (χ3n) is 2.47. The fourth-order valence-corrected chi connectivity index (χ4v) is 1.43. The van der Waals surface area contributed by atoms with Gasteiger partial charge in [-0.3, -0.25) is 4.79 Å². The molecule has 1 amide bonds. The van der Waals surface area contributed by atoms with Crippen molar-refractivity contribution in [1.29, 1.82) is 0 Å². The summed E-state index contributed by atoms with van der Waals surface area (Å²) < 4.78 is 5.44. The highest BCUT2D eigenvalue weighted by Gasteiger charge is 2.03. The SMILES string of the molecule is CCCNC(=O)COc1cccc(C(C)C)c1. The van der Waals surface area contributed by atoms with Crippen LogP contribution in [0.1, 0.15) is 38.7 Å². The Bertz CT molecular complexity index is 361. The van der Waals surface area contributed by atoms with E-state index in [0.29, 0.717) is 12.5 Å². The minimum Gasteiger partial charge on any atom is -0.484 e. The van der Waals surface area contributed by atoms with Gasteiger partial charge in [-0.2, -0.15) is 0 Å². The van der Waals surface area contributed by atoms with Gasteiger partial charge in [-0.1, -0.05) is 32.9 Å². The molecule has 1 aromatic carbocycles. The predicted octanol–water partition coefficient (Wildman–Crippen LogP) is 2.72. The number of ether oxygens (including phenoxy) is 1. The Morgan fingerprint density at radius 2 is 2.18 bits per heavy atom. The van der Waals surface area contributed by atoms with E-state index in [4.69, 9.17) is 4.74 Å². The lowest BCUT2D eigenvalue weighted by molar-refractivity contribution is -0.123. The van der Waals surface area contributed by atoms with E-state index in [-0.39, 0.29) is 12.5 Å². The average Bonchev–Trinajstić information content (AvgIpc) is 2.34. The number of benzene rings is 1. The summed E-state index contributed by atoms with van der Waals surface area (Å²) in [6.45, 7) is 7.07. The molecule has 0 saturated heterocycles. The topological polar surface area (TPSA) is 38.3 Å². The third kappa shape index (κ3) is 4.89. The average molecular weight is 235 g/mol. The van der Waals surface area contributed by atoms with E-state index in [0.717, 1.165) is 12.2 Å². The molecule has 17 heavy (non-hydrogen) atoms. The van der Waals surface area contributed by atoms with Gasteiger partial charge in [-0.05, 0) is 30.0 Å². The fourth-order valence-electron chi connectivity index (χ4n) is 1.43. The number of hydrogen-bond donors (Lipinski definition) is 1. The van der Waals surface area contributed by atoms with E-state index in [2.05, 4.69) is 25.2 Å². The summed E-state index contributed by atoms with van der Waals surface area (Å²) in [5.74, 6) is 1.15. The molecule has 3 nitrogen and oxygen atoms in total. The summed E-state index contributed by atoms with van der Waals surface area (Å²) in [7, 11) is 0. The summed E-state index contributed by atoms with van der Waals surface area (Å²) in [5, 5.41) is 2.78. The molecule has 1 N–H and O–H groups in total. The van der Waals surface area contributed by atoms with Crippen LogP contribution in [0.15, 0.2) is 24.3 Å². The van der Waals surface area contributed by atoms with Gasteiger partial charge < -0.3 is 10.1 Å². The van der Waals surface area contributed by atoms with Crippen molar-refractivity contribution < 1.29 is 9.53 Å². The van der Waals surface area contributed by atoms with Gasteiger partial charge in [0.15, 0.2) is 6.61 Å². The second-order valence-electron chi connectivity index (χ2n) is 4.37. The first-order valence-corrected chi connectivity index (χ1v) is 6.13. The zero-order valence-corrected chi connectivity index (χ0v) is 10.8. The largest absolute Gasteiger partial charge is 0.484 e. The van der Waals surface area contributed by atoms with Crippen LogP contribution in [0, 0.1) is 0 Å². The quantitative estimate of drug-likeness (QED) is 0.823. The Labute approximate surface area is 103 Å². The Kier molecular flexibility index (Phi) is 5.53. The maximum Gasteiger partial charge on any atom is 0.257 e. The van der Waals surface area contributed by atoms with Crippen molar-refractivity contribution in [1.82, 2.24) is 5.32 Å². The van der Waals surface area contributed by atoms with E-state index >= 15 is 0 Å². The van der Waals surface area contributed by atoms with Crippen LogP contribution in [0.25, 0.3) is 0 Å². The van der Waals surface area contributed by atoms with Crippen molar-refractivity contribution in [2.75, 3.05) is 13.2 Å². The lowest BCUT2D eigenvalue weighted by Crippen LogP contribution is -2.29. The van der Waals surface area contributed by atoms with Gasteiger partial charge in [-0.15, -0.1) is 0 Å². The summed E-state index contributed by atoms with van der Waals surface area (Å²) >= 11 is 0. The molecule has 0 saturated carbocycles. The van der Waals surface area contributed by atoms with E-state index in [1.165, 1.54) is 5.56 Å². The molecule has 0 bridgehead atoms. The maximum absolute atomic E-state index is 11.4. The van der Waals surface area contributed by atoms with Gasteiger partial charge in [0.05, 0.1) is 0 Å². The number of carbonyl (C=O) groups is 1. The van der Waals surface area contributed by atoms with E-state index in [1.54, 1.807) is 0 Å². The van der Waals surface area contributed by atoms with Crippen LogP contribution in [-0.2, 0) is 4.79 Å². The van der Waals surface area contributed by atoms with Crippen LogP contribution in [0.3, 0.4) is 0 Å². The van der Waals surface area contributed by atoms with Crippen LogP contribution in [0.4, 0.5) is 0 Å². The molecule has 1 aromatic rings. The molecule has 0 radical (unpaired) electrons. The smallest absolute Gasteiger partial charge is 0.257 e. The molecule has 0 fully saturated rings. The number of rotatable bonds is 6. The highest BCUT2D eigenvalue weighted by Crippen LogP contribution is 2.19. The molecule has 3 heteroatoms. The van der Waals surface area contributed by atoms with Gasteiger partial charge in [-0.25, -0.2) is 0 Å². The van der Waals surface area contributed by atoms with Crippen molar-refractivity contribution in [2.24, 2.45) is 0 Å². The molecule has 0 atom stereocenters. The first-order chi connectivity index (χ1) is 8.13. The van der Waals surface area contributed by atoms with Gasteiger partial charge in [0.2, 0.25) is 0 Å². The van der Waals surface area contributed by atoms with Crippen molar-refractivity contribution >= 4 is 5.91 Å². The van der Waals surface area contributed by atoms with Crippen molar-refractivity contribution in [3.05, 3.63) is 29.8 Å². The monoisotopic (exact) mass is 235 g/mol. The first-order valence-electron chi connectivity index (χ1n) is 6.13. The van der Waals surface area contributed by atoms with Crippen LogP contribution in [0.2, 0.25) is 0 Å². The number of carbonyl (C=O) groups excluding carboxylic acids is 1. The molecule has 0 aliphatic rings. The second kappa shape index (κ2) is 6.94. The zero-order chi connectivity index (χ0) is 12.7. The Morgan fingerprint density at radius 1 is 1.41 bits per heavy atom. The molecular formula is C14H21NO2. The summed E-state index contributed by atoms with van der Waals surface area (Å²) in [6, 6.07) is 7.88. The molecule has 0 unspecified atom stereocenters. The van der Waals surface area contributed by atoms with Crippen LogP contribution >= 0.6 is 0 Å². The normalized spacial score (nSPS) is 10.4. The lowest BCUT2D eigenvalue weighted by atomic mass is 10.0. The molecule has 1 rings (SSSR count). The van der Waals surface area contributed by atoms with Crippen molar-refractivity contribution in [2.45, 2.75) is 33.1 Å². The van der Waals surface area contributed by atoms with E-state index in [9.17, 15) is 4.79 Å². The molecular weight excluding hydrogens is 214 g/mol. The third-order valence-corrected chi connectivity index (χ3v) is 2.47. The maximum atomic E-state index is 11.4. The van der Waals surface area contributed by atoms with Crippen molar-refractivity contribution in [3.8, 4) is 5.75 Å². The lowest BCUT2D eigenvalue weighted by Gasteiger charge is -2.10. The molecule has 94 valence electrons. The predicted molar refractivity (Wildman–Crippen MR) is 69.3 cm³/mol. The fraction of sp³-hybridized carbons (Fsp3) is 0.500. The van der Waals surface area contributed by atoms with Crippen LogP contribution < -0.4 is 10.1 Å². The van der Waals surface area contributed by atoms with Gasteiger partial charge >= 0.3 is 0 Å². The Balaban J connectivity index is 2.46. The zero-order valence-electron chi connectivity index (χ0n) is 10.8. The summed E-state index contributed by atoms with van der Waals surface area (Å²) in [5.41, 5.74) is 1.22.